The summed E-state index contributed by atoms with van der Waals surface area (Å²) in [4.78, 5) is 0. The van der Waals surface area contributed by atoms with Crippen LogP contribution in [-0.2, 0) is 6.18 Å². The predicted molar refractivity (Wildman–Crippen MR) is 76.8 cm³/mol. The van der Waals surface area contributed by atoms with E-state index in [0.717, 1.165) is 11.6 Å². The van der Waals surface area contributed by atoms with Crippen molar-refractivity contribution < 1.29 is 13.2 Å². The maximum Gasteiger partial charge on any atom is 0.416 e. The minimum atomic E-state index is -4.34. The zero-order valence-corrected chi connectivity index (χ0v) is 11.4. The van der Waals surface area contributed by atoms with Crippen molar-refractivity contribution in [2.24, 2.45) is 5.73 Å². The second-order valence-corrected chi connectivity index (χ2v) is 4.71. The Balaban J connectivity index is 2.37. The molecule has 3 N–H and O–H groups in total. The second kappa shape index (κ2) is 6.74. The van der Waals surface area contributed by atoms with E-state index in [2.05, 4.69) is 5.32 Å². The maximum atomic E-state index is 12.8. The average molecular weight is 294 g/mol. The third-order valence-electron chi connectivity index (χ3n) is 3.17. The van der Waals surface area contributed by atoms with E-state index in [1.165, 1.54) is 12.1 Å². The molecule has 0 radical (unpaired) electrons. The lowest BCUT2D eigenvalue weighted by atomic mass is 9.97. The number of nitrogens with one attached hydrogen (secondary N) is 1. The minimum absolute atomic E-state index is 0.308. The first-order valence-corrected chi connectivity index (χ1v) is 6.68. The van der Waals surface area contributed by atoms with Crippen LogP contribution in [0.4, 0.5) is 13.2 Å². The summed E-state index contributed by atoms with van der Waals surface area (Å²) >= 11 is 0. The van der Waals surface area contributed by atoms with Crippen LogP contribution in [-0.4, -0.2) is 13.1 Å². The van der Waals surface area contributed by atoms with E-state index in [-0.39, 0.29) is 6.04 Å². The van der Waals surface area contributed by atoms with Crippen LogP contribution in [0.2, 0.25) is 0 Å². The fourth-order valence-corrected chi connectivity index (χ4v) is 2.20. The Morgan fingerprint density at radius 1 is 0.952 bits per heavy atom. The molecule has 0 spiro atoms. The van der Waals surface area contributed by atoms with E-state index in [9.17, 15) is 13.2 Å². The fourth-order valence-electron chi connectivity index (χ4n) is 2.20. The summed E-state index contributed by atoms with van der Waals surface area (Å²) in [6.45, 7) is 0.943. The number of nitrogens with two attached hydrogens (primary N) is 1. The average Bonchev–Trinajstić information content (AvgIpc) is 2.48. The molecule has 0 aliphatic heterocycles. The minimum Gasteiger partial charge on any atom is -0.329 e. The molecule has 0 amide bonds. The molecule has 21 heavy (non-hydrogen) atoms. The van der Waals surface area contributed by atoms with E-state index in [0.29, 0.717) is 18.7 Å². The summed E-state index contributed by atoms with van der Waals surface area (Å²) in [7, 11) is 0. The zero-order valence-electron chi connectivity index (χ0n) is 11.4. The highest BCUT2D eigenvalue weighted by molar-refractivity contribution is 5.35. The van der Waals surface area contributed by atoms with Gasteiger partial charge in [0, 0.05) is 13.1 Å². The molecule has 1 atom stereocenters. The molecule has 0 heterocycles. The standard InChI is InChI=1S/C16H17F3N2/c17-16(18,19)14-8-4-7-13(11-14)15(21-10-9-20)12-5-2-1-3-6-12/h1-8,11,15,21H,9-10,20H2/t15-/m1/s1. The van der Waals surface area contributed by atoms with Crippen LogP contribution in [0.3, 0.4) is 0 Å². The van der Waals surface area contributed by atoms with Crippen molar-refractivity contribution in [1.82, 2.24) is 5.32 Å². The summed E-state index contributed by atoms with van der Waals surface area (Å²) in [6.07, 6.45) is -4.34. The lowest BCUT2D eigenvalue weighted by molar-refractivity contribution is -0.137. The number of alkyl halides is 3. The molecular formula is C16H17F3N2. The van der Waals surface area contributed by atoms with Crippen LogP contribution in [0.25, 0.3) is 0 Å². The Hall–Kier alpha value is -1.85. The molecular weight excluding hydrogens is 277 g/mol. The van der Waals surface area contributed by atoms with Crippen LogP contribution >= 0.6 is 0 Å². The topological polar surface area (TPSA) is 38.0 Å². The van der Waals surface area contributed by atoms with E-state index in [4.69, 9.17) is 5.73 Å². The van der Waals surface area contributed by atoms with Crippen molar-refractivity contribution in [3.8, 4) is 0 Å². The van der Waals surface area contributed by atoms with Gasteiger partial charge in [0.25, 0.3) is 0 Å². The van der Waals surface area contributed by atoms with Gasteiger partial charge in [-0.15, -0.1) is 0 Å². The Morgan fingerprint density at radius 3 is 2.24 bits per heavy atom. The first-order chi connectivity index (χ1) is 10.0. The van der Waals surface area contributed by atoms with E-state index >= 15 is 0 Å². The Kier molecular flexibility index (Phi) is 4.98. The lowest BCUT2D eigenvalue weighted by Crippen LogP contribution is -2.28. The summed E-state index contributed by atoms with van der Waals surface area (Å²) in [5, 5.41) is 3.19. The van der Waals surface area contributed by atoms with Gasteiger partial charge < -0.3 is 11.1 Å². The molecule has 0 aliphatic carbocycles. The highest BCUT2D eigenvalue weighted by Gasteiger charge is 2.31. The lowest BCUT2D eigenvalue weighted by Gasteiger charge is -2.20. The molecule has 112 valence electrons. The highest BCUT2D eigenvalue weighted by atomic mass is 19.4. The first-order valence-electron chi connectivity index (χ1n) is 6.68. The molecule has 0 aromatic heterocycles. The number of hydrogen-bond acceptors (Lipinski definition) is 2. The smallest absolute Gasteiger partial charge is 0.329 e. The van der Waals surface area contributed by atoms with E-state index in [1.54, 1.807) is 6.07 Å². The molecule has 2 nitrogen and oxygen atoms in total. The van der Waals surface area contributed by atoms with Gasteiger partial charge in [0.15, 0.2) is 0 Å². The molecule has 0 saturated heterocycles. The molecule has 0 unspecified atom stereocenters. The molecule has 2 aromatic carbocycles. The molecule has 2 aromatic rings. The number of hydrogen-bond donors (Lipinski definition) is 2. The third kappa shape index (κ3) is 4.06. The van der Waals surface area contributed by atoms with Gasteiger partial charge in [-0.3, -0.25) is 0 Å². The normalized spacial score (nSPS) is 13.1. The summed E-state index contributed by atoms with van der Waals surface area (Å²) in [5.74, 6) is 0. The molecule has 0 aliphatic rings. The molecule has 5 heteroatoms. The van der Waals surface area contributed by atoms with Crippen LogP contribution in [0.5, 0.6) is 0 Å². The van der Waals surface area contributed by atoms with E-state index in [1.807, 2.05) is 30.3 Å². The molecule has 0 fully saturated rings. The largest absolute Gasteiger partial charge is 0.416 e. The third-order valence-corrected chi connectivity index (χ3v) is 3.17. The monoisotopic (exact) mass is 294 g/mol. The van der Waals surface area contributed by atoms with Crippen molar-refractivity contribution in [3.05, 3.63) is 71.3 Å². The number of rotatable bonds is 5. The SMILES string of the molecule is NCCN[C@H](c1ccccc1)c1cccc(C(F)(F)F)c1. The van der Waals surface area contributed by atoms with Crippen LogP contribution in [0.15, 0.2) is 54.6 Å². The van der Waals surface area contributed by atoms with Gasteiger partial charge in [-0.1, -0.05) is 42.5 Å². The van der Waals surface area contributed by atoms with Gasteiger partial charge in [-0.2, -0.15) is 13.2 Å². The first kappa shape index (κ1) is 15.5. The Labute approximate surface area is 121 Å². The fraction of sp³-hybridized carbons (Fsp3) is 0.250. The molecule has 0 bridgehead atoms. The van der Waals surface area contributed by atoms with Crippen molar-refractivity contribution in [2.45, 2.75) is 12.2 Å². The number of halogens is 3. The van der Waals surface area contributed by atoms with Crippen molar-refractivity contribution in [3.63, 3.8) is 0 Å². The van der Waals surface area contributed by atoms with Gasteiger partial charge in [0.05, 0.1) is 11.6 Å². The molecule has 2 rings (SSSR count). The van der Waals surface area contributed by atoms with Crippen LogP contribution in [0.1, 0.15) is 22.7 Å². The second-order valence-electron chi connectivity index (χ2n) is 4.71. The van der Waals surface area contributed by atoms with E-state index < -0.39 is 11.7 Å². The van der Waals surface area contributed by atoms with Gasteiger partial charge in [-0.25, -0.2) is 0 Å². The Morgan fingerprint density at radius 2 is 1.62 bits per heavy atom. The molecule has 0 saturated carbocycles. The number of benzene rings is 2. The summed E-state index contributed by atoms with van der Waals surface area (Å²) in [5.41, 5.74) is 6.33. The summed E-state index contributed by atoms with van der Waals surface area (Å²) < 4.78 is 38.5. The zero-order chi connectivity index (χ0) is 15.3. The van der Waals surface area contributed by atoms with Crippen LogP contribution < -0.4 is 11.1 Å². The highest BCUT2D eigenvalue weighted by Crippen LogP contribution is 2.32. The quantitative estimate of drug-likeness (QED) is 0.887. The van der Waals surface area contributed by atoms with Crippen molar-refractivity contribution in [2.75, 3.05) is 13.1 Å². The predicted octanol–water partition coefficient (Wildman–Crippen LogP) is 3.34. The van der Waals surface area contributed by atoms with Gasteiger partial charge in [0.1, 0.15) is 0 Å². The van der Waals surface area contributed by atoms with Gasteiger partial charge in [0.2, 0.25) is 0 Å². The maximum absolute atomic E-state index is 12.8. The van der Waals surface area contributed by atoms with Crippen molar-refractivity contribution in [1.29, 1.82) is 0 Å². The van der Waals surface area contributed by atoms with Crippen LogP contribution in [0, 0.1) is 0 Å². The van der Waals surface area contributed by atoms with Gasteiger partial charge in [-0.05, 0) is 23.3 Å². The van der Waals surface area contributed by atoms with Gasteiger partial charge >= 0.3 is 6.18 Å². The Bertz CT molecular complexity index is 567. The van der Waals surface area contributed by atoms with Crippen molar-refractivity contribution >= 4 is 0 Å². The summed E-state index contributed by atoms with van der Waals surface area (Å²) in [6, 6.07) is 14.4.